The monoisotopic (exact) mass is 706 g/mol. The van der Waals surface area contributed by atoms with Crippen LogP contribution in [0.25, 0.3) is 0 Å². The molecule has 1 aliphatic heterocycles. The van der Waals surface area contributed by atoms with Gasteiger partial charge in [-0.05, 0) is 55.3 Å². The molecule has 1 aliphatic rings. The van der Waals surface area contributed by atoms with E-state index in [1.165, 1.54) is 6.92 Å². The molecule has 49 heavy (non-hydrogen) atoms. The van der Waals surface area contributed by atoms with Crippen LogP contribution in [0.1, 0.15) is 144 Å². The summed E-state index contributed by atoms with van der Waals surface area (Å²) < 4.78 is 17.0. The Balaban J connectivity index is -0.000000366. The summed E-state index contributed by atoms with van der Waals surface area (Å²) in [5.74, 6) is 0.667. The fraction of sp³-hybridized carbons (Fsp3) is 0.923. The molecule has 1 rings (SSSR count). The van der Waals surface area contributed by atoms with Crippen molar-refractivity contribution in [3.63, 3.8) is 0 Å². The van der Waals surface area contributed by atoms with Gasteiger partial charge in [-0.25, -0.2) is 0 Å². The first kappa shape index (κ1) is 56.6. The Labute approximate surface area is 303 Å². The number of hydrogen-bond donors (Lipinski definition) is 4. The summed E-state index contributed by atoms with van der Waals surface area (Å²) in [4.78, 5) is 24.6. The second-order valence-corrected chi connectivity index (χ2v) is 15.3. The Morgan fingerprint density at radius 3 is 1.73 bits per heavy atom. The van der Waals surface area contributed by atoms with Gasteiger partial charge < -0.3 is 35.1 Å². The van der Waals surface area contributed by atoms with Gasteiger partial charge in [-0.2, -0.15) is 5.26 Å². The van der Waals surface area contributed by atoms with Crippen molar-refractivity contribution in [1.82, 2.24) is 10.6 Å². The SMILES string of the molecule is CC.CC.CC(=O)NC1CCCO[C@H]1OCCOCCNC(=O)C(C)(CC(C)(C)C(C)(C)C#N)C(C)(C)C.CC(C)C(C)(C)C.CO.CO. The van der Waals surface area contributed by atoms with Crippen LogP contribution in [-0.2, 0) is 23.8 Å². The first-order chi connectivity index (χ1) is 22.5. The predicted molar refractivity (Wildman–Crippen MR) is 205 cm³/mol. The number of carbonyl (C=O) groups is 2. The molecular weight excluding hydrogens is 622 g/mol. The molecule has 10 heteroatoms. The van der Waals surface area contributed by atoms with Gasteiger partial charge in [-0.1, -0.05) is 104 Å². The number of nitrogens with zero attached hydrogens (tertiary/aromatic N) is 1. The van der Waals surface area contributed by atoms with E-state index in [9.17, 15) is 14.9 Å². The molecule has 1 fully saturated rings. The zero-order chi connectivity index (χ0) is 40.3. The van der Waals surface area contributed by atoms with Crippen molar-refractivity contribution in [2.24, 2.45) is 33.0 Å². The predicted octanol–water partition coefficient (Wildman–Crippen LogP) is 7.75. The fourth-order valence-corrected chi connectivity index (χ4v) is 4.02. The van der Waals surface area contributed by atoms with Gasteiger partial charge in [0.25, 0.3) is 0 Å². The second kappa shape index (κ2) is 28.9. The molecule has 0 aliphatic carbocycles. The zero-order valence-electron chi connectivity index (χ0n) is 35.8. The highest BCUT2D eigenvalue weighted by Gasteiger charge is 2.51. The minimum atomic E-state index is -0.662. The van der Waals surface area contributed by atoms with E-state index in [1.807, 2.05) is 48.5 Å². The Kier molecular flexibility index (Phi) is 33.4. The third-order valence-corrected chi connectivity index (χ3v) is 9.36. The molecule has 0 bridgehead atoms. The number of carbonyl (C=O) groups excluding carboxylic acids is 2. The maximum absolute atomic E-state index is 13.3. The van der Waals surface area contributed by atoms with Crippen molar-refractivity contribution in [2.75, 3.05) is 47.2 Å². The summed E-state index contributed by atoms with van der Waals surface area (Å²) in [7, 11) is 2.00. The van der Waals surface area contributed by atoms with E-state index in [4.69, 9.17) is 24.4 Å². The molecule has 0 aromatic rings. The third kappa shape index (κ3) is 23.4. The highest BCUT2D eigenvalue weighted by atomic mass is 16.7. The van der Waals surface area contributed by atoms with E-state index in [2.05, 4.69) is 85.9 Å². The van der Waals surface area contributed by atoms with E-state index >= 15 is 0 Å². The van der Waals surface area contributed by atoms with E-state index in [0.717, 1.165) is 33.0 Å². The molecule has 0 spiro atoms. The number of amides is 2. The van der Waals surface area contributed by atoms with Crippen LogP contribution in [0.3, 0.4) is 0 Å². The Morgan fingerprint density at radius 2 is 1.35 bits per heavy atom. The lowest BCUT2D eigenvalue weighted by molar-refractivity contribution is -0.185. The number of nitriles is 1. The Bertz CT molecular complexity index is 856. The van der Waals surface area contributed by atoms with E-state index < -0.39 is 17.1 Å². The van der Waals surface area contributed by atoms with Gasteiger partial charge >= 0.3 is 0 Å². The number of aliphatic hydroxyl groups is 2. The number of ether oxygens (including phenoxy) is 3. The highest BCUT2D eigenvalue weighted by Crippen LogP contribution is 2.52. The summed E-state index contributed by atoms with van der Waals surface area (Å²) in [5.41, 5.74) is -1.38. The van der Waals surface area contributed by atoms with Crippen molar-refractivity contribution in [2.45, 2.75) is 156 Å². The summed E-state index contributed by atoms with van der Waals surface area (Å²) in [6, 6.07) is 2.27. The smallest absolute Gasteiger partial charge is 0.226 e. The molecule has 10 nitrogen and oxygen atoms in total. The Morgan fingerprint density at radius 1 is 0.878 bits per heavy atom. The van der Waals surface area contributed by atoms with Crippen LogP contribution in [-0.4, -0.2) is 81.6 Å². The van der Waals surface area contributed by atoms with E-state index in [-0.39, 0.29) is 28.7 Å². The maximum atomic E-state index is 13.3. The van der Waals surface area contributed by atoms with Crippen molar-refractivity contribution in [3.8, 4) is 6.07 Å². The van der Waals surface area contributed by atoms with Crippen LogP contribution in [0.15, 0.2) is 0 Å². The van der Waals surface area contributed by atoms with Gasteiger partial charge in [-0.15, -0.1) is 0 Å². The number of hydrogen-bond acceptors (Lipinski definition) is 8. The molecule has 0 radical (unpaired) electrons. The lowest BCUT2D eigenvalue weighted by Gasteiger charge is -2.48. The lowest BCUT2D eigenvalue weighted by atomic mass is 9.55. The van der Waals surface area contributed by atoms with Crippen LogP contribution >= 0.6 is 0 Å². The molecule has 4 N–H and O–H groups in total. The molecule has 0 aromatic carbocycles. The van der Waals surface area contributed by atoms with Gasteiger partial charge in [0, 0.05) is 34.3 Å². The molecule has 0 aromatic heterocycles. The van der Waals surface area contributed by atoms with Crippen LogP contribution < -0.4 is 10.6 Å². The highest BCUT2D eigenvalue weighted by molar-refractivity contribution is 5.83. The molecular formula is C39H83N3O7. The third-order valence-electron chi connectivity index (χ3n) is 9.36. The first-order valence-electron chi connectivity index (χ1n) is 18.2. The standard InChI is InChI=1S/C26H47N3O5.C7H16.2C2H6.2CH4O/c1-19(30)29-20-11-10-13-33-21(20)34-16-15-32-14-12-28-22(31)26(9,23(2,3)4)17-24(5,6)25(7,8)18-27;1-6(2)7(3,4)5;4*1-2/h20-21H,10-17H2,1-9H3,(H,28,31)(H,29,30);6H,1-5H3;2*1-2H3;2*2H,1H3/t20?,21-,26?;;;;;/m0...../s1. The largest absolute Gasteiger partial charge is 0.400 e. The number of nitrogens with one attached hydrogen (secondary N) is 2. The molecule has 1 heterocycles. The lowest BCUT2D eigenvalue weighted by Crippen LogP contribution is -2.51. The Hall–Kier alpha value is -1.77. The molecule has 2 amide bonds. The number of rotatable bonds is 12. The van der Waals surface area contributed by atoms with Gasteiger partial charge in [-0.3, -0.25) is 9.59 Å². The second-order valence-electron chi connectivity index (χ2n) is 15.3. The summed E-state index contributed by atoms with van der Waals surface area (Å²) >= 11 is 0. The summed E-state index contributed by atoms with van der Waals surface area (Å²) in [6.07, 6.45) is 1.84. The van der Waals surface area contributed by atoms with Crippen LogP contribution in [0, 0.1) is 44.3 Å². The van der Waals surface area contributed by atoms with Gasteiger partial charge in [0.15, 0.2) is 6.29 Å². The fourth-order valence-electron chi connectivity index (χ4n) is 4.02. The zero-order valence-corrected chi connectivity index (χ0v) is 35.8. The van der Waals surface area contributed by atoms with Crippen LogP contribution in [0.2, 0.25) is 0 Å². The average molecular weight is 706 g/mol. The van der Waals surface area contributed by atoms with Gasteiger partial charge in [0.05, 0.1) is 42.8 Å². The van der Waals surface area contributed by atoms with Crippen molar-refractivity contribution in [1.29, 1.82) is 5.26 Å². The van der Waals surface area contributed by atoms with E-state index in [1.54, 1.807) is 0 Å². The molecule has 2 unspecified atom stereocenters. The maximum Gasteiger partial charge on any atom is 0.226 e. The van der Waals surface area contributed by atoms with Crippen molar-refractivity contribution < 1.29 is 34.0 Å². The number of aliphatic hydroxyl groups excluding tert-OH is 2. The topological polar surface area (TPSA) is 150 Å². The van der Waals surface area contributed by atoms with Crippen molar-refractivity contribution >= 4 is 11.8 Å². The minimum Gasteiger partial charge on any atom is -0.400 e. The first-order valence-corrected chi connectivity index (χ1v) is 18.2. The summed E-state index contributed by atoms with van der Waals surface area (Å²) in [6.45, 7) is 39.0. The van der Waals surface area contributed by atoms with Crippen LogP contribution in [0.4, 0.5) is 0 Å². The van der Waals surface area contributed by atoms with Gasteiger partial charge in [0.1, 0.15) is 0 Å². The normalized spacial score (nSPS) is 17.1. The minimum absolute atomic E-state index is 0.0320. The quantitative estimate of drug-likeness (QED) is 0.151. The van der Waals surface area contributed by atoms with Crippen molar-refractivity contribution in [3.05, 3.63) is 0 Å². The van der Waals surface area contributed by atoms with E-state index in [0.29, 0.717) is 44.8 Å². The van der Waals surface area contributed by atoms with Gasteiger partial charge in [0.2, 0.25) is 11.8 Å². The molecule has 3 atom stereocenters. The molecule has 0 saturated carbocycles. The average Bonchev–Trinajstić information content (AvgIpc) is 3.03. The summed E-state index contributed by atoms with van der Waals surface area (Å²) in [5, 5.41) is 29.5. The molecule has 1 saturated heterocycles. The van der Waals surface area contributed by atoms with Crippen LogP contribution in [0.5, 0.6) is 0 Å². The molecule has 296 valence electrons.